The van der Waals surface area contributed by atoms with Crippen LogP contribution >= 0.6 is 0 Å². The highest BCUT2D eigenvalue weighted by Gasteiger charge is 2.39. The predicted octanol–water partition coefficient (Wildman–Crippen LogP) is 5.51. The third-order valence-corrected chi connectivity index (χ3v) is 5.14. The Morgan fingerprint density at radius 3 is 2.29 bits per heavy atom. The number of nitrogens with zero attached hydrogens (tertiary/aromatic N) is 1. The van der Waals surface area contributed by atoms with Crippen LogP contribution in [-0.2, 0) is 15.7 Å². The van der Waals surface area contributed by atoms with Crippen LogP contribution in [0.5, 0.6) is 5.75 Å². The first-order chi connectivity index (χ1) is 11.1. The summed E-state index contributed by atoms with van der Waals surface area (Å²) in [6, 6.07) is 6.41. The average Bonchev–Trinajstić information content (AvgIpc) is 2.94. The molecule has 1 aromatic rings. The van der Waals surface area contributed by atoms with Crippen LogP contribution in [0.25, 0.3) is 0 Å². The third-order valence-electron chi connectivity index (χ3n) is 5.14. The topological polar surface area (TPSA) is 38.7 Å². The lowest BCUT2D eigenvalue weighted by atomic mass is 9.71. The van der Waals surface area contributed by atoms with E-state index in [2.05, 4.69) is 51.7 Å². The first-order valence-corrected chi connectivity index (χ1v) is 8.92. The Morgan fingerprint density at radius 1 is 1.17 bits per heavy atom. The zero-order valence-electron chi connectivity index (χ0n) is 16.0. The van der Waals surface area contributed by atoms with E-state index in [1.807, 2.05) is 12.1 Å². The summed E-state index contributed by atoms with van der Waals surface area (Å²) in [6.45, 7) is 11.4. The number of carbonyl (C=O) groups excluding carboxylic acids is 1. The maximum atomic E-state index is 11.1. The van der Waals surface area contributed by atoms with E-state index < -0.39 is 5.54 Å². The molecular formula is C21H31NO2. The molecule has 1 aliphatic carbocycles. The van der Waals surface area contributed by atoms with Crippen molar-refractivity contribution >= 4 is 6.08 Å². The molecule has 0 aromatic heterocycles. The molecule has 0 N–H and O–H groups in total. The van der Waals surface area contributed by atoms with Gasteiger partial charge >= 0.3 is 0 Å². The highest BCUT2D eigenvalue weighted by molar-refractivity contribution is 5.47. The normalized spacial score (nSPS) is 17.4. The molecular weight excluding hydrogens is 298 g/mol. The van der Waals surface area contributed by atoms with Gasteiger partial charge in [0.05, 0.1) is 7.11 Å². The maximum Gasteiger partial charge on any atom is 0.235 e. The van der Waals surface area contributed by atoms with Gasteiger partial charge in [-0.05, 0) is 47.8 Å². The lowest BCUT2D eigenvalue weighted by Crippen LogP contribution is -2.26. The molecule has 0 aliphatic heterocycles. The molecule has 0 spiro atoms. The standard InChI is InChI=1S/C21H31NO2/c1-19(2,3)14-20(4,5)16-9-10-18(24-6)17(13-16)21(22-15-23)11-7-8-12-21/h9-10,13H,7-8,11-12,14H2,1-6H3. The summed E-state index contributed by atoms with van der Waals surface area (Å²) in [5, 5.41) is 0. The second-order valence-corrected chi connectivity index (χ2v) is 8.98. The summed E-state index contributed by atoms with van der Waals surface area (Å²) in [4.78, 5) is 15.3. The van der Waals surface area contributed by atoms with Crippen LogP contribution in [0.2, 0.25) is 0 Å². The monoisotopic (exact) mass is 329 g/mol. The lowest BCUT2D eigenvalue weighted by Gasteiger charge is -2.34. The van der Waals surface area contributed by atoms with E-state index in [1.165, 1.54) is 5.56 Å². The van der Waals surface area contributed by atoms with Crippen LogP contribution in [0.3, 0.4) is 0 Å². The van der Waals surface area contributed by atoms with Crippen LogP contribution < -0.4 is 4.74 Å². The SMILES string of the molecule is COc1ccc(C(C)(C)CC(C)(C)C)cc1C1(N=C=O)CCCC1. The number of benzene rings is 1. The molecule has 0 saturated heterocycles. The maximum absolute atomic E-state index is 11.1. The molecule has 0 bridgehead atoms. The van der Waals surface area contributed by atoms with E-state index in [4.69, 9.17) is 4.74 Å². The highest BCUT2D eigenvalue weighted by Crippen LogP contribution is 2.47. The smallest absolute Gasteiger partial charge is 0.235 e. The Morgan fingerprint density at radius 2 is 1.79 bits per heavy atom. The molecule has 2 rings (SSSR count). The fraction of sp³-hybridized carbons (Fsp3) is 0.667. The van der Waals surface area contributed by atoms with Crippen LogP contribution in [-0.4, -0.2) is 13.2 Å². The predicted molar refractivity (Wildman–Crippen MR) is 98.4 cm³/mol. The molecule has 0 unspecified atom stereocenters. The van der Waals surface area contributed by atoms with Gasteiger partial charge in [-0.3, -0.25) is 0 Å². The quantitative estimate of drug-likeness (QED) is 0.527. The van der Waals surface area contributed by atoms with Gasteiger partial charge in [0.15, 0.2) is 0 Å². The zero-order valence-corrected chi connectivity index (χ0v) is 16.0. The van der Waals surface area contributed by atoms with Crippen molar-refractivity contribution in [2.45, 2.75) is 77.7 Å². The molecule has 132 valence electrons. The number of rotatable bonds is 5. The molecule has 1 aliphatic rings. The van der Waals surface area contributed by atoms with Crippen molar-refractivity contribution in [2.75, 3.05) is 7.11 Å². The minimum absolute atomic E-state index is 0.0456. The van der Waals surface area contributed by atoms with E-state index in [0.29, 0.717) is 0 Å². The van der Waals surface area contributed by atoms with Crippen molar-refractivity contribution in [1.82, 2.24) is 0 Å². The van der Waals surface area contributed by atoms with Gasteiger partial charge < -0.3 is 4.74 Å². The average molecular weight is 329 g/mol. The molecule has 1 saturated carbocycles. The molecule has 3 heteroatoms. The van der Waals surface area contributed by atoms with Crippen molar-refractivity contribution < 1.29 is 9.53 Å². The molecule has 24 heavy (non-hydrogen) atoms. The summed E-state index contributed by atoms with van der Waals surface area (Å²) < 4.78 is 5.61. The van der Waals surface area contributed by atoms with Crippen LogP contribution in [0.4, 0.5) is 0 Å². The first kappa shape index (κ1) is 18.7. The van der Waals surface area contributed by atoms with Crippen molar-refractivity contribution in [3.8, 4) is 5.75 Å². The van der Waals surface area contributed by atoms with Gasteiger partial charge in [-0.15, -0.1) is 0 Å². The number of ether oxygens (including phenoxy) is 1. The van der Waals surface area contributed by atoms with Gasteiger partial charge in [0.1, 0.15) is 11.3 Å². The number of hydrogen-bond acceptors (Lipinski definition) is 3. The van der Waals surface area contributed by atoms with Crippen LogP contribution in [0.1, 0.15) is 77.8 Å². The fourth-order valence-electron chi connectivity index (χ4n) is 4.41. The molecule has 0 atom stereocenters. The number of aliphatic imine (C=N–C) groups is 1. The summed E-state index contributed by atoms with van der Waals surface area (Å²) in [5.74, 6) is 0.825. The van der Waals surface area contributed by atoms with Gasteiger partial charge in [0.25, 0.3) is 0 Å². The summed E-state index contributed by atoms with van der Waals surface area (Å²) in [5.41, 5.74) is 2.16. The lowest BCUT2D eigenvalue weighted by molar-refractivity contribution is 0.283. The molecule has 1 fully saturated rings. The minimum atomic E-state index is -0.457. The Balaban J connectivity index is 2.54. The van der Waals surface area contributed by atoms with Gasteiger partial charge in [-0.1, -0.05) is 53.5 Å². The second kappa shape index (κ2) is 6.72. The Hall–Kier alpha value is -1.60. The zero-order chi connectivity index (χ0) is 18.0. The van der Waals surface area contributed by atoms with Crippen LogP contribution in [0.15, 0.2) is 23.2 Å². The van der Waals surface area contributed by atoms with Crippen molar-refractivity contribution in [1.29, 1.82) is 0 Å². The van der Waals surface area contributed by atoms with Crippen molar-refractivity contribution in [3.63, 3.8) is 0 Å². The fourth-order valence-corrected chi connectivity index (χ4v) is 4.41. The molecule has 1 aromatic carbocycles. The van der Waals surface area contributed by atoms with Crippen molar-refractivity contribution in [3.05, 3.63) is 29.3 Å². The van der Waals surface area contributed by atoms with E-state index >= 15 is 0 Å². The Bertz CT molecular complexity index is 628. The minimum Gasteiger partial charge on any atom is -0.496 e. The molecule has 0 amide bonds. The van der Waals surface area contributed by atoms with E-state index in [9.17, 15) is 4.79 Å². The second-order valence-electron chi connectivity index (χ2n) is 8.98. The van der Waals surface area contributed by atoms with E-state index in [1.54, 1.807) is 7.11 Å². The number of hydrogen-bond donors (Lipinski definition) is 0. The van der Waals surface area contributed by atoms with Crippen molar-refractivity contribution in [2.24, 2.45) is 10.4 Å². The van der Waals surface area contributed by atoms with Gasteiger partial charge in [0, 0.05) is 5.56 Å². The number of isocyanates is 1. The van der Waals surface area contributed by atoms with E-state index in [0.717, 1.165) is 43.4 Å². The summed E-state index contributed by atoms with van der Waals surface area (Å²) in [7, 11) is 1.69. The molecule has 3 nitrogen and oxygen atoms in total. The summed E-state index contributed by atoms with van der Waals surface area (Å²) in [6.07, 6.45) is 6.85. The van der Waals surface area contributed by atoms with Gasteiger partial charge in [0.2, 0.25) is 6.08 Å². The Labute approximate surface area is 146 Å². The Kier molecular flexibility index (Phi) is 5.25. The molecule has 0 heterocycles. The van der Waals surface area contributed by atoms with Gasteiger partial charge in [-0.25, -0.2) is 4.79 Å². The number of methoxy groups -OCH3 is 1. The van der Waals surface area contributed by atoms with E-state index in [-0.39, 0.29) is 10.8 Å². The summed E-state index contributed by atoms with van der Waals surface area (Å²) >= 11 is 0. The highest BCUT2D eigenvalue weighted by atomic mass is 16.5. The first-order valence-electron chi connectivity index (χ1n) is 8.92. The van der Waals surface area contributed by atoms with Gasteiger partial charge in [-0.2, -0.15) is 4.99 Å². The molecule has 0 radical (unpaired) electrons. The third kappa shape index (κ3) is 3.89. The largest absolute Gasteiger partial charge is 0.496 e. The van der Waals surface area contributed by atoms with Crippen LogP contribution in [0, 0.1) is 5.41 Å².